The Kier molecular flexibility index (Phi) is 2.02. The smallest absolute Gasteiger partial charge is 0.124 e. The zero-order valence-corrected chi connectivity index (χ0v) is 8.63. The molecule has 0 unspecified atom stereocenters. The highest BCUT2D eigenvalue weighted by atomic mass is 19.1. The first-order chi connectivity index (χ1) is 6.63. The Morgan fingerprint density at radius 2 is 2.14 bits per heavy atom. The highest BCUT2D eigenvalue weighted by molar-refractivity contribution is 5.84. The standard InChI is InChI=1S/C11H13FN2/c1-4-10-9-6-8(12)5-7(2)11(9)14(3)13-10/h5-6H,4H2,1-3H3. The van der Waals surface area contributed by atoms with E-state index < -0.39 is 0 Å². The van der Waals surface area contributed by atoms with E-state index in [9.17, 15) is 4.39 Å². The third kappa shape index (κ3) is 1.20. The van der Waals surface area contributed by atoms with Crippen LogP contribution >= 0.6 is 0 Å². The van der Waals surface area contributed by atoms with E-state index in [0.29, 0.717) is 0 Å². The maximum absolute atomic E-state index is 13.2. The SMILES string of the molecule is CCc1nn(C)c2c(C)cc(F)cc12. The van der Waals surface area contributed by atoms with Gasteiger partial charge in [0.05, 0.1) is 11.2 Å². The van der Waals surface area contributed by atoms with E-state index in [2.05, 4.69) is 5.10 Å². The molecule has 0 N–H and O–H groups in total. The van der Waals surface area contributed by atoms with Crippen molar-refractivity contribution >= 4 is 10.9 Å². The van der Waals surface area contributed by atoms with Gasteiger partial charge in [-0.2, -0.15) is 5.10 Å². The molecule has 0 amide bonds. The van der Waals surface area contributed by atoms with E-state index in [1.807, 2.05) is 25.6 Å². The third-order valence-corrected chi connectivity index (χ3v) is 2.51. The van der Waals surface area contributed by atoms with E-state index in [4.69, 9.17) is 0 Å². The molecule has 1 heterocycles. The molecule has 1 aromatic heterocycles. The van der Waals surface area contributed by atoms with E-state index >= 15 is 0 Å². The van der Waals surface area contributed by atoms with Crippen LogP contribution in [-0.2, 0) is 13.5 Å². The fourth-order valence-electron chi connectivity index (χ4n) is 1.93. The molecule has 3 heteroatoms. The number of benzene rings is 1. The average molecular weight is 192 g/mol. The lowest BCUT2D eigenvalue weighted by Crippen LogP contribution is -1.92. The molecular formula is C11H13FN2. The monoisotopic (exact) mass is 192 g/mol. The normalized spacial score (nSPS) is 11.1. The summed E-state index contributed by atoms with van der Waals surface area (Å²) < 4.78 is 15.0. The molecule has 0 atom stereocenters. The second-order valence-corrected chi connectivity index (χ2v) is 3.54. The van der Waals surface area contributed by atoms with Crippen molar-refractivity contribution in [1.82, 2.24) is 9.78 Å². The van der Waals surface area contributed by atoms with E-state index in [1.165, 1.54) is 0 Å². The molecule has 0 saturated carbocycles. The molecular weight excluding hydrogens is 179 g/mol. The van der Waals surface area contributed by atoms with Gasteiger partial charge in [0.25, 0.3) is 0 Å². The molecule has 0 fully saturated rings. The minimum absolute atomic E-state index is 0.183. The first-order valence-corrected chi connectivity index (χ1v) is 4.75. The maximum atomic E-state index is 13.2. The predicted octanol–water partition coefficient (Wildman–Crippen LogP) is 2.58. The number of aryl methyl sites for hydroxylation is 3. The van der Waals surface area contributed by atoms with Crippen molar-refractivity contribution in [1.29, 1.82) is 0 Å². The minimum atomic E-state index is -0.183. The fourth-order valence-corrected chi connectivity index (χ4v) is 1.93. The van der Waals surface area contributed by atoms with Gasteiger partial charge in [0, 0.05) is 12.4 Å². The maximum Gasteiger partial charge on any atom is 0.124 e. The van der Waals surface area contributed by atoms with Crippen LogP contribution in [0, 0.1) is 12.7 Å². The number of nitrogens with zero attached hydrogens (tertiary/aromatic N) is 2. The summed E-state index contributed by atoms with van der Waals surface area (Å²) in [6.07, 6.45) is 0.834. The Balaban J connectivity index is 2.89. The molecule has 0 radical (unpaired) electrons. The van der Waals surface area contributed by atoms with Gasteiger partial charge >= 0.3 is 0 Å². The zero-order chi connectivity index (χ0) is 10.3. The molecule has 0 bridgehead atoms. The van der Waals surface area contributed by atoms with Crippen molar-refractivity contribution in [2.45, 2.75) is 20.3 Å². The lowest BCUT2D eigenvalue weighted by molar-refractivity contribution is 0.628. The number of hydrogen-bond donors (Lipinski definition) is 0. The van der Waals surface area contributed by atoms with Gasteiger partial charge in [0.2, 0.25) is 0 Å². The zero-order valence-electron chi connectivity index (χ0n) is 8.63. The van der Waals surface area contributed by atoms with E-state index in [1.54, 1.807) is 12.1 Å². The second kappa shape index (κ2) is 3.08. The van der Waals surface area contributed by atoms with Crippen molar-refractivity contribution in [2.75, 3.05) is 0 Å². The average Bonchev–Trinajstić information content (AvgIpc) is 2.42. The van der Waals surface area contributed by atoms with Gasteiger partial charge < -0.3 is 0 Å². The largest absolute Gasteiger partial charge is 0.267 e. The molecule has 0 aliphatic rings. The second-order valence-electron chi connectivity index (χ2n) is 3.54. The van der Waals surface area contributed by atoms with Crippen molar-refractivity contribution in [3.8, 4) is 0 Å². The van der Waals surface area contributed by atoms with Crippen LogP contribution in [0.3, 0.4) is 0 Å². The molecule has 0 aliphatic carbocycles. The van der Waals surface area contributed by atoms with E-state index in [0.717, 1.165) is 28.6 Å². The van der Waals surface area contributed by atoms with Crippen molar-refractivity contribution in [3.05, 3.63) is 29.2 Å². The Morgan fingerprint density at radius 3 is 2.79 bits per heavy atom. The fraction of sp³-hybridized carbons (Fsp3) is 0.364. The van der Waals surface area contributed by atoms with Gasteiger partial charge in [-0.1, -0.05) is 6.92 Å². The van der Waals surface area contributed by atoms with Gasteiger partial charge in [-0.05, 0) is 31.0 Å². The Labute approximate surface area is 82.3 Å². The van der Waals surface area contributed by atoms with Gasteiger partial charge in [0.15, 0.2) is 0 Å². The van der Waals surface area contributed by atoms with Gasteiger partial charge in [-0.25, -0.2) is 4.39 Å². The van der Waals surface area contributed by atoms with Crippen LogP contribution in [0.25, 0.3) is 10.9 Å². The summed E-state index contributed by atoms with van der Waals surface area (Å²) in [5, 5.41) is 5.30. The summed E-state index contributed by atoms with van der Waals surface area (Å²) in [6.45, 7) is 3.94. The highest BCUT2D eigenvalue weighted by Gasteiger charge is 2.10. The van der Waals surface area contributed by atoms with E-state index in [-0.39, 0.29) is 5.82 Å². The minimum Gasteiger partial charge on any atom is -0.267 e. The summed E-state index contributed by atoms with van der Waals surface area (Å²) in [4.78, 5) is 0. The van der Waals surface area contributed by atoms with Crippen LogP contribution in [-0.4, -0.2) is 9.78 Å². The summed E-state index contributed by atoms with van der Waals surface area (Å²) in [5.74, 6) is -0.183. The molecule has 0 aliphatic heterocycles. The summed E-state index contributed by atoms with van der Waals surface area (Å²) in [5.41, 5.74) is 2.93. The predicted molar refractivity (Wildman–Crippen MR) is 54.8 cm³/mol. The molecule has 1 aromatic carbocycles. The molecule has 0 spiro atoms. The number of rotatable bonds is 1. The molecule has 2 nitrogen and oxygen atoms in total. The van der Waals surface area contributed by atoms with Gasteiger partial charge in [0.1, 0.15) is 5.82 Å². The lowest BCUT2D eigenvalue weighted by Gasteiger charge is -1.99. The Morgan fingerprint density at radius 1 is 1.43 bits per heavy atom. The molecule has 0 saturated heterocycles. The van der Waals surface area contributed by atoms with Crippen LogP contribution in [0.4, 0.5) is 4.39 Å². The number of halogens is 1. The number of aromatic nitrogens is 2. The quantitative estimate of drug-likeness (QED) is 0.679. The summed E-state index contributed by atoms with van der Waals surface area (Å²) >= 11 is 0. The van der Waals surface area contributed by atoms with Crippen molar-refractivity contribution in [3.63, 3.8) is 0 Å². The van der Waals surface area contributed by atoms with Crippen molar-refractivity contribution in [2.24, 2.45) is 7.05 Å². The van der Waals surface area contributed by atoms with Crippen LogP contribution in [0.15, 0.2) is 12.1 Å². The van der Waals surface area contributed by atoms with Crippen LogP contribution in [0.5, 0.6) is 0 Å². The van der Waals surface area contributed by atoms with Crippen LogP contribution in [0.1, 0.15) is 18.2 Å². The molecule has 2 aromatic rings. The molecule has 14 heavy (non-hydrogen) atoms. The third-order valence-electron chi connectivity index (χ3n) is 2.51. The first-order valence-electron chi connectivity index (χ1n) is 4.75. The van der Waals surface area contributed by atoms with Crippen molar-refractivity contribution < 1.29 is 4.39 Å². The summed E-state index contributed by atoms with van der Waals surface area (Å²) in [7, 11) is 1.90. The first kappa shape index (κ1) is 9.19. The number of hydrogen-bond acceptors (Lipinski definition) is 1. The molecule has 74 valence electrons. The Hall–Kier alpha value is -1.38. The Bertz CT molecular complexity index is 485. The van der Waals surface area contributed by atoms with Gasteiger partial charge in [-0.15, -0.1) is 0 Å². The topological polar surface area (TPSA) is 17.8 Å². The summed E-state index contributed by atoms with van der Waals surface area (Å²) in [6, 6.07) is 3.11. The highest BCUT2D eigenvalue weighted by Crippen LogP contribution is 2.23. The van der Waals surface area contributed by atoms with Gasteiger partial charge in [-0.3, -0.25) is 4.68 Å². The van der Waals surface area contributed by atoms with Crippen LogP contribution in [0.2, 0.25) is 0 Å². The lowest BCUT2D eigenvalue weighted by atomic mass is 10.1. The number of fused-ring (bicyclic) bond motifs is 1. The molecule has 2 rings (SSSR count). The van der Waals surface area contributed by atoms with Crippen LogP contribution < -0.4 is 0 Å².